The van der Waals surface area contributed by atoms with Crippen LogP contribution in [0.4, 0.5) is 5.13 Å². The second-order valence-electron chi connectivity index (χ2n) is 6.59. The van der Waals surface area contributed by atoms with Crippen LogP contribution in [0, 0.1) is 6.92 Å². The topological polar surface area (TPSA) is 67.4 Å². The first-order valence-corrected chi connectivity index (χ1v) is 10.3. The lowest BCUT2D eigenvalue weighted by molar-refractivity contribution is -0.120. The van der Waals surface area contributed by atoms with Gasteiger partial charge in [0.25, 0.3) is 0 Å². The maximum Gasteiger partial charge on any atom is 0.221 e. The number of hydrogen-bond acceptors (Lipinski definition) is 6. The monoisotopic (exact) mass is 390 g/mol. The van der Waals surface area contributed by atoms with E-state index in [1.165, 1.54) is 22.7 Å². The predicted octanol–water partition coefficient (Wildman–Crippen LogP) is 3.20. The number of nitrogens with zero attached hydrogens (tertiary/aromatic N) is 3. The first-order valence-electron chi connectivity index (χ1n) is 9.51. The van der Waals surface area contributed by atoms with E-state index in [1.807, 2.05) is 0 Å². The van der Waals surface area contributed by atoms with Gasteiger partial charge < -0.3 is 15.0 Å². The highest BCUT2D eigenvalue weighted by molar-refractivity contribution is 7.09. The summed E-state index contributed by atoms with van der Waals surface area (Å²) in [6, 6.07) is 8.42. The third-order valence-corrected chi connectivity index (χ3v) is 5.05. The molecule has 0 radical (unpaired) electrons. The molecule has 0 saturated heterocycles. The molecule has 0 atom stereocenters. The van der Waals surface area contributed by atoms with Gasteiger partial charge in [0.15, 0.2) is 0 Å². The molecule has 0 spiro atoms. The Labute approximate surface area is 166 Å². The number of carbonyl (C=O) groups excluding carboxylic acids is 1. The van der Waals surface area contributed by atoms with Crippen LogP contribution in [-0.2, 0) is 16.0 Å². The lowest BCUT2D eigenvalue weighted by atomic mass is 10.1. The summed E-state index contributed by atoms with van der Waals surface area (Å²) in [5, 5.41) is 3.80. The lowest BCUT2D eigenvalue weighted by Gasteiger charge is -2.20. The molecule has 1 amide bonds. The van der Waals surface area contributed by atoms with Crippen molar-refractivity contribution >= 4 is 22.6 Å². The minimum Gasteiger partial charge on any atom is -0.383 e. The highest BCUT2D eigenvalue weighted by atomic mass is 32.1. The largest absolute Gasteiger partial charge is 0.383 e. The molecule has 1 aromatic heterocycles. The molecule has 0 unspecified atom stereocenters. The molecule has 1 N–H and O–H groups in total. The van der Waals surface area contributed by atoms with Gasteiger partial charge in [0.2, 0.25) is 11.0 Å². The van der Waals surface area contributed by atoms with E-state index in [1.54, 1.807) is 7.11 Å². The number of ether oxygens (including phenoxy) is 1. The molecule has 1 heterocycles. The van der Waals surface area contributed by atoms with Gasteiger partial charge in [0.1, 0.15) is 5.82 Å². The van der Waals surface area contributed by atoms with Crippen LogP contribution >= 0.6 is 11.5 Å². The molecule has 2 rings (SSSR count). The molecular formula is C20H30N4O2S. The van der Waals surface area contributed by atoms with E-state index in [0.717, 1.165) is 30.3 Å². The number of unbranched alkanes of at least 4 members (excludes halogenated alkanes) is 1. The van der Waals surface area contributed by atoms with Crippen molar-refractivity contribution in [1.82, 2.24) is 14.7 Å². The van der Waals surface area contributed by atoms with Crippen molar-refractivity contribution in [1.29, 1.82) is 0 Å². The summed E-state index contributed by atoms with van der Waals surface area (Å²) in [6.07, 6.45) is 3.25. The van der Waals surface area contributed by atoms with Crippen LogP contribution in [0.15, 0.2) is 24.3 Å². The van der Waals surface area contributed by atoms with Gasteiger partial charge in [-0.2, -0.15) is 4.37 Å². The van der Waals surface area contributed by atoms with Crippen molar-refractivity contribution in [3.8, 4) is 0 Å². The van der Waals surface area contributed by atoms with E-state index in [2.05, 4.69) is 57.7 Å². The molecule has 0 aliphatic heterocycles. The molecule has 0 bridgehead atoms. The van der Waals surface area contributed by atoms with Crippen molar-refractivity contribution in [2.24, 2.45) is 0 Å². The molecule has 0 aliphatic carbocycles. The molecule has 1 aromatic carbocycles. The quantitative estimate of drug-likeness (QED) is 0.564. The van der Waals surface area contributed by atoms with Gasteiger partial charge in [0.05, 0.1) is 6.61 Å². The Balaban J connectivity index is 1.93. The average Bonchev–Trinajstić information content (AvgIpc) is 3.12. The molecule has 7 heteroatoms. The number of nitrogens with one attached hydrogen (secondary N) is 1. The summed E-state index contributed by atoms with van der Waals surface area (Å²) < 4.78 is 9.71. The average molecular weight is 391 g/mol. The number of rotatable bonds is 12. The third kappa shape index (κ3) is 7.64. The third-order valence-electron chi connectivity index (χ3n) is 4.24. The Kier molecular flexibility index (Phi) is 9.21. The van der Waals surface area contributed by atoms with Gasteiger partial charge in [-0.25, -0.2) is 4.98 Å². The number of anilines is 1. The van der Waals surface area contributed by atoms with E-state index in [4.69, 9.17) is 4.74 Å². The zero-order valence-electron chi connectivity index (χ0n) is 16.5. The van der Waals surface area contributed by atoms with Crippen LogP contribution in [-0.4, -0.2) is 48.6 Å². The summed E-state index contributed by atoms with van der Waals surface area (Å²) in [6.45, 7) is 6.83. The van der Waals surface area contributed by atoms with Crippen LogP contribution in [0.2, 0.25) is 0 Å². The van der Waals surface area contributed by atoms with Crippen molar-refractivity contribution in [3.05, 3.63) is 41.2 Å². The number of aromatic nitrogens is 2. The van der Waals surface area contributed by atoms with Crippen LogP contribution in [0.25, 0.3) is 0 Å². The summed E-state index contributed by atoms with van der Waals surface area (Å²) in [7, 11) is 1.68. The van der Waals surface area contributed by atoms with E-state index in [0.29, 0.717) is 32.5 Å². The molecule has 27 heavy (non-hydrogen) atoms. The fourth-order valence-electron chi connectivity index (χ4n) is 2.57. The Bertz CT molecular complexity index is 688. The van der Waals surface area contributed by atoms with Crippen molar-refractivity contribution < 1.29 is 9.53 Å². The smallest absolute Gasteiger partial charge is 0.221 e. The number of methoxy groups -OCH3 is 1. The normalized spacial score (nSPS) is 10.8. The minimum absolute atomic E-state index is 0.0789. The Morgan fingerprint density at radius 3 is 2.74 bits per heavy atom. The van der Waals surface area contributed by atoms with Gasteiger partial charge >= 0.3 is 0 Å². The van der Waals surface area contributed by atoms with Gasteiger partial charge in [-0.3, -0.25) is 4.79 Å². The van der Waals surface area contributed by atoms with Crippen LogP contribution in [0.1, 0.15) is 43.1 Å². The second kappa shape index (κ2) is 11.7. The van der Waals surface area contributed by atoms with Crippen LogP contribution in [0.5, 0.6) is 0 Å². The first kappa shape index (κ1) is 21.3. The predicted molar refractivity (Wildman–Crippen MR) is 111 cm³/mol. The Morgan fingerprint density at radius 2 is 2.04 bits per heavy atom. The summed E-state index contributed by atoms with van der Waals surface area (Å²) in [5.41, 5.74) is 2.44. The molecular weight excluding hydrogens is 360 g/mol. The Hall–Kier alpha value is -1.99. The molecule has 0 saturated carbocycles. The molecule has 148 valence electrons. The zero-order chi connectivity index (χ0) is 19.5. The van der Waals surface area contributed by atoms with Gasteiger partial charge in [-0.1, -0.05) is 43.2 Å². The standard InChI is InChI=1S/C20H30N4O2S/c1-4-5-11-21-19(25)10-12-24(13-14-26-3)20-22-18(23-27-20)15-17-8-6-16(2)7-9-17/h6-9H,4-5,10-15H2,1-3H3,(H,21,25). The Morgan fingerprint density at radius 1 is 1.26 bits per heavy atom. The minimum atomic E-state index is 0.0789. The molecule has 6 nitrogen and oxygen atoms in total. The van der Waals surface area contributed by atoms with Crippen LogP contribution in [0.3, 0.4) is 0 Å². The highest BCUT2D eigenvalue weighted by Crippen LogP contribution is 2.19. The van der Waals surface area contributed by atoms with E-state index in [-0.39, 0.29) is 5.91 Å². The number of amides is 1. The summed E-state index contributed by atoms with van der Waals surface area (Å²) >= 11 is 1.38. The van der Waals surface area contributed by atoms with Gasteiger partial charge in [0, 0.05) is 51.1 Å². The highest BCUT2D eigenvalue weighted by Gasteiger charge is 2.14. The fourth-order valence-corrected chi connectivity index (χ4v) is 3.30. The van der Waals surface area contributed by atoms with E-state index >= 15 is 0 Å². The van der Waals surface area contributed by atoms with Crippen LogP contribution < -0.4 is 10.2 Å². The first-order chi connectivity index (χ1) is 13.1. The number of aryl methyl sites for hydroxylation is 1. The fraction of sp³-hybridized carbons (Fsp3) is 0.550. The SMILES string of the molecule is CCCCNC(=O)CCN(CCOC)c1nc(Cc2ccc(C)cc2)ns1. The maximum atomic E-state index is 12.0. The molecule has 0 aliphatic rings. The number of hydrogen-bond donors (Lipinski definition) is 1. The lowest BCUT2D eigenvalue weighted by Crippen LogP contribution is -2.33. The summed E-state index contributed by atoms with van der Waals surface area (Å²) in [4.78, 5) is 18.8. The van der Waals surface area contributed by atoms with E-state index < -0.39 is 0 Å². The van der Waals surface area contributed by atoms with E-state index in [9.17, 15) is 4.79 Å². The maximum absolute atomic E-state index is 12.0. The van der Waals surface area contributed by atoms with Crippen molar-refractivity contribution in [2.45, 2.75) is 39.5 Å². The zero-order valence-corrected chi connectivity index (χ0v) is 17.3. The van der Waals surface area contributed by atoms with Gasteiger partial charge in [-0.15, -0.1) is 0 Å². The van der Waals surface area contributed by atoms with Crippen molar-refractivity contribution in [2.75, 3.05) is 38.3 Å². The van der Waals surface area contributed by atoms with Crippen molar-refractivity contribution in [3.63, 3.8) is 0 Å². The summed E-state index contributed by atoms with van der Waals surface area (Å²) in [5.74, 6) is 0.893. The molecule has 0 fully saturated rings. The number of carbonyl (C=O) groups is 1. The second-order valence-corrected chi connectivity index (χ2v) is 7.32. The van der Waals surface area contributed by atoms with Gasteiger partial charge in [-0.05, 0) is 18.9 Å². The molecule has 2 aromatic rings. The number of benzene rings is 1.